The third-order valence-corrected chi connectivity index (χ3v) is 6.55. The summed E-state index contributed by atoms with van der Waals surface area (Å²) in [5.74, 6) is 0.467. The molecule has 11 heteroatoms. The van der Waals surface area contributed by atoms with Crippen molar-refractivity contribution in [3.8, 4) is 0 Å². The van der Waals surface area contributed by atoms with Crippen LogP contribution in [-0.2, 0) is 6.18 Å². The van der Waals surface area contributed by atoms with Crippen LogP contribution in [-0.4, -0.2) is 29.7 Å². The van der Waals surface area contributed by atoms with Crippen molar-refractivity contribution in [3.05, 3.63) is 38.2 Å². The van der Waals surface area contributed by atoms with Gasteiger partial charge in [0.25, 0.3) is 11.2 Å². The van der Waals surface area contributed by atoms with Crippen LogP contribution in [0.2, 0.25) is 0 Å². The van der Waals surface area contributed by atoms with Gasteiger partial charge >= 0.3 is 6.18 Å². The molecular weight excluding hydrogens is 433 g/mol. The molecule has 0 aliphatic carbocycles. The van der Waals surface area contributed by atoms with Crippen molar-refractivity contribution < 1.29 is 18.1 Å². The lowest BCUT2D eigenvalue weighted by Crippen LogP contribution is -2.50. The fourth-order valence-electron chi connectivity index (χ4n) is 4.16. The number of nitro groups is 1. The van der Waals surface area contributed by atoms with E-state index >= 15 is 0 Å². The van der Waals surface area contributed by atoms with E-state index in [1.807, 2.05) is 4.90 Å². The first-order valence-corrected chi connectivity index (χ1v) is 10.8. The number of aromatic nitrogens is 1. The Balaban J connectivity index is 2.05. The van der Waals surface area contributed by atoms with Gasteiger partial charge < -0.3 is 10.2 Å². The van der Waals surface area contributed by atoms with Crippen molar-refractivity contribution in [1.29, 1.82) is 0 Å². The molecule has 1 aromatic heterocycles. The molecule has 0 bridgehead atoms. The fraction of sp³-hybridized carbons (Fsp3) is 0.600. The van der Waals surface area contributed by atoms with Gasteiger partial charge in [0.05, 0.1) is 22.0 Å². The molecule has 1 saturated heterocycles. The van der Waals surface area contributed by atoms with Gasteiger partial charge in [-0.25, -0.2) is 0 Å². The molecule has 2 atom stereocenters. The van der Waals surface area contributed by atoms with Gasteiger partial charge in [-0.05, 0) is 43.7 Å². The minimum atomic E-state index is -4.80. The van der Waals surface area contributed by atoms with Crippen LogP contribution in [0.25, 0.3) is 10.1 Å². The molecule has 0 amide bonds. The van der Waals surface area contributed by atoms with Crippen LogP contribution in [0.4, 0.5) is 24.0 Å². The maximum atomic E-state index is 13.2. The smallest absolute Gasteiger partial charge is 0.332 e. The number of hydrogen-bond acceptors (Lipinski definition) is 7. The number of benzene rings is 1. The van der Waals surface area contributed by atoms with Gasteiger partial charge in [-0.15, -0.1) is 0 Å². The molecule has 1 N–H and O–H groups in total. The highest BCUT2D eigenvalue weighted by Crippen LogP contribution is 2.40. The Morgan fingerprint density at radius 2 is 2.00 bits per heavy atom. The summed E-state index contributed by atoms with van der Waals surface area (Å²) in [5.41, 5.74) is -2.70. The van der Waals surface area contributed by atoms with Crippen molar-refractivity contribution in [3.63, 3.8) is 0 Å². The van der Waals surface area contributed by atoms with Gasteiger partial charge in [-0.1, -0.05) is 32.1 Å². The number of non-ortho nitro benzene ring substituents is 1. The lowest BCUT2D eigenvalue weighted by molar-refractivity contribution is -0.383. The Morgan fingerprint density at radius 1 is 1.32 bits per heavy atom. The van der Waals surface area contributed by atoms with Gasteiger partial charge in [-0.3, -0.25) is 14.9 Å². The first-order valence-electron chi connectivity index (χ1n) is 9.94. The summed E-state index contributed by atoms with van der Waals surface area (Å²) in [6.07, 6.45) is -2.23. The zero-order chi connectivity index (χ0) is 23.1. The van der Waals surface area contributed by atoms with E-state index in [0.717, 1.165) is 30.6 Å². The van der Waals surface area contributed by atoms with Crippen molar-refractivity contribution in [2.75, 3.05) is 18.5 Å². The number of hydrogen-bond donors (Lipinski definition) is 1. The predicted molar refractivity (Wildman–Crippen MR) is 115 cm³/mol. The van der Waals surface area contributed by atoms with E-state index in [2.05, 4.69) is 31.1 Å². The topological polar surface area (TPSA) is 88.4 Å². The summed E-state index contributed by atoms with van der Waals surface area (Å²) in [6, 6.07) is 1.12. The number of piperidine rings is 1. The van der Waals surface area contributed by atoms with Crippen LogP contribution in [0.3, 0.4) is 0 Å². The first kappa shape index (κ1) is 23.4. The monoisotopic (exact) mass is 458 g/mol. The Morgan fingerprint density at radius 3 is 2.55 bits per heavy atom. The number of anilines is 1. The lowest BCUT2D eigenvalue weighted by atomic mass is 9.79. The summed E-state index contributed by atoms with van der Waals surface area (Å²) < 4.78 is 39.4. The molecule has 0 spiro atoms. The second kappa shape index (κ2) is 8.34. The number of nitro benzene ring substituents is 1. The number of nitrogens with zero attached hydrogens (tertiary/aromatic N) is 3. The molecule has 2 heterocycles. The SMILES string of the molecule is CNC1CC(CC(C)(C)C)CCN1c1nc(=O)c2cc(C(F)(F)F)cc([N+](=O)[O-])c2s1. The zero-order valence-electron chi connectivity index (χ0n) is 17.7. The average Bonchev–Trinajstić information content (AvgIpc) is 2.64. The van der Waals surface area contributed by atoms with Crippen LogP contribution in [0.15, 0.2) is 16.9 Å². The quantitative estimate of drug-likeness (QED) is 0.524. The molecule has 170 valence electrons. The Labute approximate surface area is 181 Å². The third-order valence-electron chi connectivity index (χ3n) is 5.41. The molecule has 3 rings (SSSR count). The second-order valence-electron chi connectivity index (χ2n) is 9.08. The van der Waals surface area contributed by atoms with Crippen LogP contribution in [0.1, 0.15) is 45.6 Å². The highest BCUT2D eigenvalue weighted by molar-refractivity contribution is 7.22. The lowest BCUT2D eigenvalue weighted by Gasteiger charge is -2.41. The summed E-state index contributed by atoms with van der Waals surface area (Å²) in [4.78, 5) is 29.1. The van der Waals surface area contributed by atoms with Gasteiger partial charge in [-0.2, -0.15) is 18.2 Å². The fourth-order valence-corrected chi connectivity index (χ4v) is 5.30. The molecule has 31 heavy (non-hydrogen) atoms. The van der Waals surface area contributed by atoms with Crippen molar-refractivity contribution >= 4 is 32.2 Å². The average molecular weight is 459 g/mol. The minimum Gasteiger partial charge on any atom is -0.332 e. The molecule has 7 nitrogen and oxygen atoms in total. The standard InChI is InChI=1S/C20H25F3N4O3S/c1-19(2,3)10-11-5-6-26(15(7-11)24-4)18-25-17(28)13-8-12(20(21,22)23)9-14(27(29)30)16(13)31-18/h8-9,11,15,24H,5-7,10H2,1-4H3. The third kappa shape index (κ3) is 5.15. The van der Waals surface area contributed by atoms with Gasteiger partial charge in [0, 0.05) is 12.6 Å². The molecule has 0 radical (unpaired) electrons. The Hall–Kier alpha value is -2.27. The van der Waals surface area contributed by atoms with Crippen LogP contribution in [0.5, 0.6) is 0 Å². The van der Waals surface area contributed by atoms with Crippen LogP contribution >= 0.6 is 11.3 Å². The van der Waals surface area contributed by atoms with Gasteiger partial charge in [0.15, 0.2) is 5.13 Å². The Bertz CT molecular complexity index is 1050. The highest BCUT2D eigenvalue weighted by atomic mass is 32.1. The minimum absolute atomic E-state index is 0.0975. The first-order chi connectivity index (χ1) is 14.3. The van der Waals surface area contributed by atoms with E-state index in [4.69, 9.17) is 0 Å². The number of alkyl halides is 3. The number of halogens is 3. The largest absolute Gasteiger partial charge is 0.416 e. The maximum Gasteiger partial charge on any atom is 0.416 e. The van der Waals surface area contributed by atoms with E-state index in [-0.39, 0.29) is 26.8 Å². The van der Waals surface area contributed by atoms with E-state index in [0.29, 0.717) is 24.6 Å². The van der Waals surface area contributed by atoms with E-state index in [1.165, 1.54) is 0 Å². The van der Waals surface area contributed by atoms with Crippen LogP contribution < -0.4 is 15.8 Å². The normalized spacial score (nSPS) is 20.3. The van der Waals surface area contributed by atoms with Gasteiger partial charge in [0.2, 0.25) is 0 Å². The van der Waals surface area contributed by atoms with E-state index in [9.17, 15) is 28.1 Å². The summed E-state index contributed by atoms with van der Waals surface area (Å²) in [5, 5.41) is 14.6. The molecule has 1 aliphatic rings. The van der Waals surface area contributed by atoms with Crippen molar-refractivity contribution in [1.82, 2.24) is 10.3 Å². The predicted octanol–water partition coefficient (Wildman–Crippen LogP) is 4.78. The molecule has 1 aliphatic heterocycles. The number of rotatable bonds is 4. The molecule has 1 fully saturated rings. The molecule has 1 aromatic carbocycles. The summed E-state index contributed by atoms with van der Waals surface area (Å²) >= 11 is 0.881. The van der Waals surface area contributed by atoms with Gasteiger partial charge in [0.1, 0.15) is 4.70 Å². The summed E-state index contributed by atoms with van der Waals surface area (Å²) in [6.45, 7) is 7.13. The van der Waals surface area contributed by atoms with E-state index in [1.54, 1.807) is 7.05 Å². The van der Waals surface area contributed by atoms with E-state index < -0.39 is 27.9 Å². The highest BCUT2D eigenvalue weighted by Gasteiger charge is 2.35. The molecular formula is C20H25F3N4O3S. The number of fused-ring (bicyclic) bond motifs is 1. The van der Waals surface area contributed by atoms with Crippen molar-refractivity contribution in [2.24, 2.45) is 11.3 Å². The van der Waals surface area contributed by atoms with Crippen LogP contribution in [0, 0.1) is 21.4 Å². The van der Waals surface area contributed by atoms with Crippen molar-refractivity contribution in [2.45, 2.75) is 52.4 Å². The second-order valence-corrected chi connectivity index (χ2v) is 10.1. The molecule has 2 unspecified atom stereocenters. The number of nitrogens with one attached hydrogen (secondary N) is 1. The summed E-state index contributed by atoms with van der Waals surface area (Å²) in [7, 11) is 1.79. The molecule has 2 aromatic rings. The zero-order valence-corrected chi connectivity index (χ0v) is 18.6. The maximum absolute atomic E-state index is 13.2. The molecule has 0 saturated carbocycles. The Kier molecular flexibility index (Phi) is 6.30.